The highest BCUT2D eigenvalue weighted by atomic mass is 32.1. The maximum Gasteiger partial charge on any atom is 0.257 e. The average Bonchev–Trinajstić information content (AvgIpc) is 3.12. The van der Waals surface area contributed by atoms with Crippen LogP contribution >= 0.6 is 11.3 Å². The molecule has 0 saturated carbocycles. The topological polar surface area (TPSA) is 62.2 Å². The number of carbonyl (C=O) groups excluding carboxylic acids is 1. The van der Waals surface area contributed by atoms with Crippen LogP contribution in [0.2, 0.25) is 0 Å². The Morgan fingerprint density at radius 2 is 2.29 bits per heavy atom. The Balaban J connectivity index is 1.78. The number of aryl methyl sites for hydroxylation is 1. The maximum absolute atomic E-state index is 12.0. The zero-order valence-electron chi connectivity index (χ0n) is 11.5. The first-order valence-corrected chi connectivity index (χ1v) is 7.45. The summed E-state index contributed by atoms with van der Waals surface area (Å²) in [5.41, 5.74) is 3.18. The molecule has 0 radical (unpaired) electrons. The van der Waals surface area contributed by atoms with Gasteiger partial charge in [0.2, 0.25) is 0 Å². The number of thiazole rings is 1. The van der Waals surface area contributed by atoms with Crippen molar-refractivity contribution in [1.29, 1.82) is 0 Å². The van der Waals surface area contributed by atoms with Gasteiger partial charge in [-0.25, -0.2) is 4.98 Å². The fourth-order valence-electron chi connectivity index (χ4n) is 2.07. The van der Waals surface area contributed by atoms with Crippen LogP contribution in [0.5, 0.6) is 5.75 Å². The monoisotopic (exact) mass is 298 g/mol. The molecule has 1 amide bonds. The van der Waals surface area contributed by atoms with Crippen LogP contribution in [0.3, 0.4) is 0 Å². The van der Waals surface area contributed by atoms with Crippen LogP contribution in [0.25, 0.3) is 11.3 Å². The van der Waals surface area contributed by atoms with Gasteiger partial charge in [0.05, 0.1) is 5.69 Å². The molecule has 1 aromatic carbocycles. The van der Waals surface area contributed by atoms with Gasteiger partial charge in [0.15, 0.2) is 5.13 Å². The Morgan fingerprint density at radius 1 is 1.43 bits per heavy atom. The van der Waals surface area contributed by atoms with Gasteiger partial charge in [-0.15, -0.1) is 11.3 Å². The largest absolute Gasteiger partial charge is 0.508 e. The molecule has 1 aromatic heterocycles. The van der Waals surface area contributed by atoms with Crippen LogP contribution in [-0.4, -0.2) is 16.0 Å². The van der Waals surface area contributed by atoms with E-state index in [1.807, 2.05) is 42.7 Å². The number of anilines is 1. The molecular formula is C16H14N2O2S. The molecule has 0 saturated heterocycles. The molecule has 0 atom stereocenters. The van der Waals surface area contributed by atoms with Crippen LogP contribution in [-0.2, 0) is 4.79 Å². The number of phenols is 1. The predicted molar refractivity (Wildman–Crippen MR) is 84.4 cm³/mol. The molecule has 0 fully saturated rings. The lowest BCUT2D eigenvalue weighted by Crippen LogP contribution is -2.12. The van der Waals surface area contributed by atoms with Crippen molar-refractivity contribution >= 4 is 22.4 Å². The number of benzene rings is 1. The van der Waals surface area contributed by atoms with E-state index in [0.29, 0.717) is 10.7 Å². The molecule has 2 N–H and O–H groups in total. The summed E-state index contributed by atoms with van der Waals surface area (Å²) < 4.78 is 0. The van der Waals surface area contributed by atoms with Crippen LogP contribution in [0.4, 0.5) is 5.13 Å². The van der Waals surface area contributed by atoms with Gasteiger partial charge in [-0.3, -0.25) is 10.1 Å². The number of hydrogen-bond acceptors (Lipinski definition) is 4. The molecule has 106 valence electrons. The molecule has 0 spiro atoms. The summed E-state index contributed by atoms with van der Waals surface area (Å²) in [5.74, 6) is 0.133. The first-order chi connectivity index (χ1) is 10.1. The van der Waals surface area contributed by atoms with Crippen molar-refractivity contribution in [3.8, 4) is 17.0 Å². The summed E-state index contributed by atoms with van der Waals surface area (Å²) in [6.07, 6.45) is 6.44. The van der Waals surface area contributed by atoms with Gasteiger partial charge < -0.3 is 5.11 Å². The van der Waals surface area contributed by atoms with Gasteiger partial charge in [-0.1, -0.05) is 18.2 Å². The van der Waals surface area contributed by atoms with Crippen LogP contribution in [0.1, 0.15) is 12.0 Å². The van der Waals surface area contributed by atoms with Gasteiger partial charge >= 0.3 is 0 Å². The van der Waals surface area contributed by atoms with Crippen LogP contribution < -0.4 is 5.32 Å². The quantitative estimate of drug-likeness (QED) is 0.909. The fraction of sp³-hybridized carbons (Fsp3) is 0.125. The molecule has 1 heterocycles. The van der Waals surface area contributed by atoms with Gasteiger partial charge in [-0.2, -0.15) is 0 Å². The number of amides is 1. The highest BCUT2D eigenvalue weighted by Crippen LogP contribution is 2.28. The average molecular weight is 298 g/mol. The Kier molecular flexibility index (Phi) is 3.58. The molecule has 1 aliphatic carbocycles. The summed E-state index contributed by atoms with van der Waals surface area (Å²) in [4.78, 5) is 16.4. The number of phenolic OH excluding ortho intramolecular Hbond substituents is 1. The number of nitrogens with zero attached hydrogens (tertiary/aromatic N) is 1. The maximum atomic E-state index is 12.0. The van der Waals surface area contributed by atoms with Crippen molar-refractivity contribution < 1.29 is 9.90 Å². The van der Waals surface area contributed by atoms with E-state index >= 15 is 0 Å². The summed E-state index contributed by atoms with van der Waals surface area (Å²) in [6, 6.07) is 5.33. The Labute approximate surface area is 126 Å². The van der Waals surface area contributed by atoms with E-state index < -0.39 is 0 Å². The number of nitrogens with one attached hydrogen (secondary N) is 1. The molecule has 3 rings (SSSR count). The summed E-state index contributed by atoms with van der Waals surface area (Å²) in [5, 5.41) is 14.8. The predicted octanol–water partition coefficient (Wildman–Crippen LogP) is 3.65. The third-order valence-corrected chi connectivity index (χ3v) is 4.01. The number of rotatable bonds is 3. The molecule has 1 aliphatic rings. The molecule has 4 nitrogen and oxygen atoms in total. The minimum atomic E-state index is -0.133. The van der Waals surface area contributed by atoms with Crippen molar-refractivity contribution in [2.75, 3.05) is 5.32 Å². The van der Waals surface area contributed by atoms with Crippen molar-refractivity contribution in [1.82, 2.24) is 4.98 Å². The van der Waals surface area contributed by atoms with E-state index in [4.69, 9.17) is 0 Å². The van der Waals surface area contributed by atoms with Crippen molar-refractivity contribution in [2.45, 2.75) is 13.3 Å². The Morgan fingerprint density at radius 3 is 3.00 bits per heavy atom. The number of hydrogen-bond donors (Lipinski definition) is 2. The smallest absolute Gasteiger partial charge is 0.257 e. The van der Waals surface area contributed by atoms with Gasteiger partial charge in [0, 0.05) is 16.5 Å². The van der Waals surface area contributed by atoms with Crippen LogP contribution in [0, 0.1) is 6.92 Å². The minimum Gasteiger partial charge on any atom is -0.508 e. The zero-order valence-corrected chi connectivity index (χ0v) is 12.3. The van der Waals surface area contributed by atoms with Gasteiger partial charge in [0.25, 0.3) is 5.91 Å². The SMILES string of the molecule is Cc1cc(-c2csc(NC(=O)C3=CCC=C3)n2)ccc1O. The van der Waals surface area contributed by atoms with E-state index in [1.54, 1.807) is 6.07 Å². The summed E-state index contributed by atoms with van der Waals surface area (Å²) in [7, 11) is 0. The highest BCUT2D eigenvalue weighted by Gasteiger charge is 2.12. The number of allylic oxidation sites excluding steroid dienone is 2. The second kappa shape index (κ2) is 5.54. The van der Waals surface area contributed by atoms with E-state index in [2.05, 4.69) is 10.3 Å². The zero-order chi connectivity index (χ0) is 14.8. The van der Waals surface area contributed by atoms with E-state index in [1.165, 1.54) is 11.3 Å². The molecule has 0 aliphatic heterocycles. The lowest BCUT2D eigenvalue weighted by Gasteiger charge is -2.02. The fourth-order valence-corrected chi connectivity index (χ4v) is 2.79. The van der Waals surface area contributed by atoms with E-state index in [-0.39, 0.29) is 11.7 Å². The van der Waals surface area contributed by atoms with Gasteiger partial charge in [0.1, 0.15) is 5.75 Å². The molecule has 0 unspecified atom stereocenters. The Hall–Kier alpha value is -2.40. The summed E-state index contributed by atoms with van der Waals surface area (Å²) >= 11 is 1.38. The number of carbonyl (C=O) groups is 1. The number of aromatic nitrogens is 1. The second-order valence-corrected chi connectivity index (χ2v) is 5.65. The van der Waals surface area contributed by atoms with Crippen molar-refractivity contribution in [3.63, 3.8) is 0 Å². The summed E-state index contributed by atoms with van der Waals surface area (Å²) in [6.45, 7) is 1.84. The highest BCUT2D eigenvalue weighted by molar-refractivity contribution is 7.14. The number of aromatic hydroxyl groups is 1. The van der Waals surface area contributed by atoms with E-state index in [9.17, 15) is 9.90 Å². The first kappa shape index (κ1) is 13.6. The second-order valence-electron chi connectivity index (χ2n) is 4.79. The van der Waals surface area contributed by atoms with Gasteiger partial charge in [-0.05, 0) is 37.1 Å². The Bertz CT molecular complexity index is 759. The van der Waals surface area contributed by atoms with Crippen molar-refractivity contribution in [2.24, 2.45) is 0 Å². The third kappa shape index (κ3) is 2.87. The molecule has 21 heavy (non-hydrogen) atoms. The van der Waals surface area contributed by atoms with Crippen molar-refractivity contribution in [3.05, 3.63) is 52.9 Å². The normalized spacial score (nSPS) is 13.3. The molecule has 5 heteroatoms. The molecular weight excluding hydrogens is 284 g/mol. The van der Waals surface area contributed by atoms with Crippen LogP contribution in [0.15, 0.2) is 47.4 Å². The lowest BCUT2D eigenvalue weighted by molar-refractivity contribution is -0.112. The first-order valence-electron chi connectivity index (χ1n) is 6.57. The third-order valence-electron chi connectivity index (χ3n) is 3.25. The molecule has 2 aromatic rings. The minimum absolute atomic E-state index is 0.133. The van der Waals surface area contributed by atoms with E-state index in [0.717, 1.165) is 23.2 Å². The molecule has 0 bridgehead atoms. The lowest BCUT2D eigenvalue weighted by atomic mass is 10.1. The standard InChI is InChI=1S/C16H14N2O2S/c1-10-8-12(6-7-14(10)19)13-9-21-16(17-13)18-15(20)11-4-2-3-5-11/h2,4-9,19H,3H2,1H3,(H,17,18,20).